The van der Waals surface area contributed by atoms with Gasteiger partial charge in [-0.3, -0.25) is 0 Å². The largest absolute Gasteiger partial charge is 0.387 e. The first kappa shape index (κ1) is 15.4. The number of benzene rings is 1. The molecule has 20 heavy (non-hydrogen) atoms. The smallest absolute Gasteiger partial charge is 0.131 e. The third-order valence-corrected chi connectivity index (χ3v) is 4.40. The van der Waals surface area contributed by atoms with Crippen molar-refractivity contribution in [2.75, 3.05) is 6.54 Å². The third-order valence-electron chi connectivity index (χ3n) is 4.40. The molecule has 0 saturated heterocycles. The van der Waals surface area contributed by atoms with Gasteiger partial charge in [-0.2, -0.15) is 0 Å². The van der Waals surface area contributed by atoms with Crippen molar-refractivity contribution < 1.29 is 13.9 Å². The Bertz CT molecular complexity index is 442. The van der Waals surface area contributed by atoms with E-state index >= 15 is 0 Å². The molecule has 0 aliphatic heterocycles. The molecule has 1 fully saturated rings. The molecule has 1 saturated carbocycles. The highest BCUT2D eigenvalue weighted by atomic mass is 19.1. The first-order valence-corrected chi connectivity index (χ1v) is 7.27. The topological polar surface area (TPSA) is 32.3 Å². The predicted octanol–water partition coefficient (Wildman–Crippen LogP) is 3.56. The van der Waals surface area contributed by atoms with E-state index in [0.717, 1.165) is 19.3 Å². The summed E-state index contributed by atoms with van der Waals surface area (Å²) in [5, 5.41) is 13.3. The Hall–Kier alpha value is -1.00. The fraction of sp³-hybridized carbons (Fsp3) is 0.625. The van der Waals surface area contributed by atoms with Crippen molar-refractivity contribution >= 4 is 0 Å². The van der Waals surface area contributed by atoms with Gasteiger partial charge < -0.3 is 10.4 Å². The second-order valence-electron chi connectivity index (χ2n) is 6.35. The van der Waals surface area contributed by atoms with Crippen LogP contribution >= 0.6 is 0 Å². The van der Waals surface area contributed by atoms with Crippen molar-refractivity contribution in [3.8, 4) is 0 Å². The maximum absolute atomic E-state index is 13.6. The zero-order chi connectivity index (χ0) is 14.8. The maximum Gasteiger partial charge on any atom is 0.131 e. The Balaban J connectivity index is 2.00. The molecule has 4 heteroatoms. The van der Waals surface area contributed by atoms with Crippen LogP contribution < -0.4 is 5.32 Å². The van der Waals surface area contributed by atoms with Crippen LogP contribution in [0.2, 0.25) is 0 Å². The standard InChI is InChI=1S/C16H23F2NO/c1-16(2)9-4-3-8-14(16)19-10-13(20)15-11(17)6-5-7-12(15)18/h5-7,13-14,19-20H,3-4,8-10H2,1-2H3. The molecular weight excluding hydrogens is 260 g/mol. The van der Waals surface area contributed by atoms with Gasteiger partial charge in [0.1, 0.15) is 11.6 Å². The number of nitrogens with one attached hydrogen (secondary N) is 1. The Kier molecular flexibility index (Phi) is 4.76. The molecule has 0 heterocycles. The SMILES string of the molecule is CC1(C)CCCCC1NCC(O)c1c(F)cccc1F. The number of halogens is 2. The van der Waals surface area contributed by atoms with Crippen molar-refractivity contribution in [2.24, 2.45) is 5.41 Å². The number of rotatable bonds is 4. The van der Waals surface area contributed by atoms with Gasteiger partial charge in [-0.25, -0.2) is 8.78 Å². The van der Waals surface area contributed by atoms with Gasteiger partial charge in [0.25, 0.3) is 0 Å². The van der Waals surface area contributed by atoms with E-state index in [1.807, 2.05) is 0 Å². The van der Waals surface area contributed by atoms with Crippen LogP contribution in [0.25, 0.3) is 0 Å². The lowest BCUT2D eigenvalue weighted by molar-refractivity contribution is 0.122. The van der Waals surface area contributed by atoms with Gasteiger partial charge >= 0.3 is 0 Å². The van der Waals surface area contributed by atoms with Gasteiger partial charge in [-0.05, 0) is 30.4 Å². The Morgan fingerprint density at radius 2 is 1.95 bits per heavy atom. The van der Waals surface area contributed by atoms with Gasteiger partial charge in [-0.1, -0.05) is 32.8 Å². The molecule has 0 bridgehead atoms. The molecule has 1 aromatic rings. The van der Waals surface area contributed by atoms with Crippen LogP contribution in [0.3, 0.4) is 0 Å². The first-order chi connectivity index (χ1) is 9.42. The van der Waals surface area contributed by atoms with Gasteiger partial charge in [0, 0.05) is 12.6 Å². The Morgan fingerprint density at radius 1 is 1.30 bits per heavy atom. The van der Waals surface area contributed by atoms with E-state index in [1.165, 1.54) is 24.6 Å². The number of aliphatic hydroxyl groups is 1. The molecule has 112 valence electrons. The molecule has 1 aliphatic carbocycles. The quantitative estimate of drug-likeness (QED) is 0.885. The number of aliphatic hydroxyl groups excluding tert-OH is 1. The van der Waals surface area contributed by atoms with E-state index in [4.69, 9.17) is 0 Å². The average molecular weight is 283 g/mol. The summed E-state index contributed by atoms with van der Waals surface area (Å²) < 4.78 is 27.2. The second-order valence-corrected chi connectivity index (χ2v) is 6.35. The fourth-order valence-corrected chi connectivity index (χ4v) is 3.06. The van der Waals surface area contributed by atoms with Crippen LogP contribution in [0.15, 0.2) is 18.2 Å². The molecule has 2 rings (SSSR count). The molecule has 1 aromatic carbocycles. The maximum atomic E-state index is 13.6. The van der Waals surface area contributed by atoms with Crippen LogP contribution in [0.1, 0.15) is 51.2 Å². The highest BCUT2D eigenvalue weighted by Crippen LogP contribution is 2.35. The minimum absolute atomic E-state index is 0.158. The van der Waals surface area contributed by atoms with Crippen molar-refractivity contribution in [1.29, 1.82) is 0 Å². The van der Waals surface area contributed by atoms with Crippen LogP contribution in [0, 0.1) is 17.0 Å². The minimum atomic E-state index is -1.16. The monoisotopic (exact) mass is 283 g/mol. The van der Waals surface area contributed by atoms with Crippen LogP contribution in [-0.2, 0) is 0 Å². The van der Waals surface area contributed by atoms with Crippen molar-refractivity contribution in [3.63, 3.8) is 0 Å². The molecule has 2 N–H and O–H groups in total. The molecule has 0 amide bonds. The summed E-state index contributed by atoms with van der Waals surface area (Å²) in [6.07, 6.45) is 3.39. The fourth-order valence-electron chi connectivity index (χ4n) is 3.06. The summed E-state index contributed by atoms with van der Waals surface area (Å²) in [6, 6.07) is 3.93. The lowest BCUT2D eigenvalue weighted by Crippen LogP contribution is -2.45. The van der Waals surface area contributed by atoms with E-state index < -0.39 is 17.7 Å². The van der Waals surface area contributed by atoms with Gasteiger partial charge in [0.2, 0.25) is 0 Å². The van der Waals surface area contributed by atoms with Crippen LogP contribution in [0.4, 0.5) is 8.78 Å². The molecule has 0 spiro atoms. The summed E-state index contributed by atoms with van der Waals surface area (Å²) in [4.78, 5) is 0. The highest BCUT2D eigenvalue weighted by molar-refractivity contribution is 5.22. The second kappa shape index (κ2) is 6.19. The lowest BCUT2D eigenvalue weighted by atomic mass is 9.73. The summed E-state index contributed by atoms with van der Waals surface area (Å²) in [5.41, 5.74) is -0.0835. The van der Waals surface area contributed by atoms with Gasteiger partial charge in [0.15, 0.2) is 0 Å². The van der Waals surface area contributed by atoms with E-state index in [2.05, 4.69) is 19.2 Å². The number of hydrogen-bond donors (Lipinski definition) is 2. The Morgan fingerprint density at radius 3 is 2.55 bits per heavy atom. The first-order valence-electron chi connectivity index (χ1n) is 7.27. The molecule has 2 atom stereocenters. The van der Waals surface area contributed by atoms with Crippen LogP contribution in [-0.4, -0.2) is 17.7 Å². The minimum Gasteiger partial charge on any atom is -0.387 e. The number of hydrogen-bond acceptors (Lipinski definition) is 2. The normalized spacial score (nSPS) is 23.6. The lowest BCUT2D eigenvalue weighted by Gasteiger charge is -2.39. The molecule has 1 aliphatic rings. The average Bonchev–Trinajstić information content (AvgIpc) is 2.36. The highest BCUT2D eigenvalue weighted by Gasteiger charge is 2.32. The molecule has 0 radical (unpaired) electrons. The van der Waals surface area contributed by atoms with Gasteiger partial charge in [-0.15, -0.1) is 0 Å². The predicted molar refractivity (Wildman–Crippen MR) is 75.4 cm³/mol. The van der Waals surface area contributed by atoms with Crippen LogP contribution in [0.5, 0.6) is 0 Å². The van der Waals surface area contributed by atoms with Crippen molar-refractivity contribution in [2.45, 2.75) is 51.7 Å². The van der Waals surface area contributed by atoms with Gasteiger partial charge in [0.05, 0.1) is 11.7 Å². The molecular formula is C16H23F2NO. The summed E-state index contributed by atoms with van der Waals surface area (Å²) in [7, 11) is 0. The summed E-state index contributed by atoms with van der Waals surface area (Å²) in [6.45, 7) is 4.56. The van der Waals surface area contributed by atoms with E-state index in [1.54, 1.807) is 0 Å². The molecule has 2 nitrogen and oxygen atoms in total. The van der Waals surface area contributed by atoms with E-state index in [0.29, 0.717) is 0 Å². The summed E-state index contributed by atoms with van der Waals surface area (Å²) >= 11 is 0. The summed E-state index contributed by atoms with van der Waals surface area (Å²) in [5.74, 6) is -1.38. The third kappa shape index (κ3) is 3.36. The molecule has 0 aromatic heterocycles. The van der Waals surface area contributed by atoms with Crippen molar-refractivity contribution in [3.05, 3.63) is 35.4 Å². The van der Waals surface area contributed by atoms with E-state index in [-0.39, 0.29) is 23.6 Å². The van der Waals surface area contributed by atoms with Crippen molar-refractivity contribution in [1.82, 2.24) is 5.32 Å². The zero-order valence-corrected chi connectivity index (χ0v) is 12.1. The Labute approximate surface area is 119 Å². The van der Waals surface area contributed by atoms with E-state index in [9.17, 15) is 13.9 Å². The zero-order valence-electron chi connectivity index (χ0n) is 12.1. The molecule has 2 unspecified atom stereocenters.